The first-order valence-electron chi connectivity index (χ1n) is 9.53. The van der Waals surface area contributed by atoms with Gasteiger partial charge in [0.15, 0.2) is 0 Å². The minimum Gasteiger partial charge on any atom is -0.326 e. The van der Waals surface area contributed by atoms with E-state index in [9.17, 15) is 9.59 Å². The lowest BCUT2D eigenvalue weighted by Crippen LogP contribution is -2.15. The van der Waals surface area contributed by atoms with Gasteiger partial charge in [-0.3, -0.25) is 9.59 Å². The van der Waals surface area contributed by atoms with Gasteiger partial charge in [0, 0.05) is 22.9 Å². The van der Waals surface area contributed by atoms with E-state index in [2.05, 4.69) is 22.8 Å². The van der Waals surface area contributed by atoms with Gasteiger partial charge in [-0.25, -0.2) is 0 Å². The zero-order chi connectivity index (χ0) is 19.3. The maximum absolute atomic E-state index is 12.7. The van der Waals surface area contributed by atoms with Gasteiger partial charge in [-0.2, -0.15) is 0 Å². The summed E-state index contributed by atoms with van der Waals surface area (Å²) in [7, 11) is 0. The molecule has 0 aromatic heterocycles. The van der Waals surface area contributed by atoms with Crippen molar-refractivity contribution in [2.45, 2.75) is 19.3 Å². The summed E-state index contributed by atoms with van der Waals surface area (Å²) in [5, 5.41) is 5.89. The molecule has 0 atom stereocenters. The Morgan fingerprint density at radius 1 is 0.786 bits per heavy atom. The topological polar surface area (TPSA) is 58.2 Å². The van der Waals surface area contributed by atoms with E-state index >= 15 is 0 Å². The van der Waals surface area contributed by atoms with Crippen LogP contribution in [0.25, 0.3) is 0 Å². The molecule has 1 fully saturated rings. The summed E-state index contributed by atoms with van der Waals surface area (Å²) in [6.45, 7) is 0. The van der Waals surface area contributed by atoms with Gasteiger partial charge in [-0.1, -0.05) is 48.5 Å². The second-order valence-corrected chi connectivity index (χ2v) is 7.11. The van der Waals surface area contributed by atoms with Gasteiger partial charge >= 0.3 is 0 Å². The molecule has 1 saturated carbocycles. The lowest BCUT2D eigenvalue weighted by atomic mass is 10.0. The summed E-state index contributed by atoms with van der Waals surface area (Å²) in [6, 6.07) is 25.0. The maximum atomic E-state index is 12.7. The van der Waals surface area contributed by atoms with Crippen LogP contribution in [0.2, 0.25) is 0 Å². The Morgan fingerprint density at radius 3 is 2.18 bits per heavy atom. The quantitative estimate of drug-likeness (QED) is 0.650. The van der Waals surface area contributed by atoms with Crippen LogP contribution in [0.1, 0.15) is 34.3 Å². The van der Waals surface area contributed by atoms with Gasteiger partial charge < -0.3 is 10.6 Å². The fourth-order valence-corrected chi connectivity index (χ4v) is 3.10. The molecule has 2 amide bonds. The third kappa shape index (κ3) is 4.46. The number of benzene rings is 3. The Morgan fingerprint density at radius 2 is 1.46 bits per heavy atom. The van der Waals surface area contributed by atoms with E-state index in [4.69, 9.17) is 0 Å². The standard InChI is InChI=1S/C24H22N2O2/c27-23(18-10-11-18)25-21-14-12-19(13-15-21)24(28)26-22-9-5-4-8-20(22)16-17-6-2-1-3-7-17/h1-9,12-15,18H,10-11,16H2,(H,25,27)(H,26,28). The van der Waals surface area contributed by atoms with Crippen molar-refractivity contribution in [1.82, 2.24) is 0 Å². The van der Waals surface area contributed by atoms with Gasteiger partial charge in [-0.05, 0) is 60.7 Å². The molecule has 0 spiro atoms. The van der Waals surface area contributed by atoms with Crippen molar-refractivity contribution in [3.63, 3.8) is 0 Å². The van der Waals surface area contributed by atoms with E-state index in [1.54, 1.807) is 24.3 Å². The zero-order valence-electron chi connectivity index (χ0n) is 15.5. The fraction of sp³-hybridized carbons (Fsp3) is 0.167. The van der Waals surface area contributed by atoms with Crippen molar-refractivity contribution in [2.75, 3.05) is 10.6 Å². The highest BCUT2D eigenvalue weighted by molar-refractivity contribution is 6.05. The van der Waals surface area contributed by atoms with Crippen LogP contribution in [0.15, 0.2) is 78.9 Å². The Balaban J connectivity index is 1.44. The van der Waals surface area contributed by atoms with E-state index in [1.165, 1.54) is 5.56 Å². The summed E-state index contributed by atoms with van der Waals surface area (Å²) in [6.07, 6.45) is 2.69. The van der Waals surface area contributed by atoms with E-state index < -0.39 is 0 Å². The molecule has 2 N–H and O–H groups in total. The molecule has 0 saturated heterocycles. The first-order chi connectivity index (χ1) is 13.7. The summed E-state index contributed by atoms with van der Waals surface area (Å²) >= 11 is 0. The first kappa shape index (κ1) is 18.0. The van der Waals surface area contributed by atoms with Crippen molar-refractivity contribution in [1.29, 1.82) is 0 Å². The largest absolute Gasteiger partial charge is 0.326 e. The molecule has 0 unspecified atom stereocenters. The van der Waals surface area contributed by atoms with Crippen LogP contribution in [0.3, 0.4) is 0 Å². The number of para-hydroxylation sites is 1. The van der Waals surface area contributed by atoms with Crippen molar-refractivity contribution >= 4 is 23.2 Å². The fourth-order valence-electron chi connectivity index (χ4n) is 3.10. The molecule has 3 aromatic rings. The molecule has 1 aliphatic rings. The minimum atomic E-state index is -0.166. The molecule has 4 nitrogen and oxygen atoms in total. The second kappa shape index (κ2) is 8.09. The highest BCUT2D eigenvalue weighted by Gasteiger charge is 2.29. The van der Waals surface area contributed by atoms with Crippen LogP contribution >= 0.6 is 0 Å². The van der Waals surface area contributed by atoms with Crippen molar-refractivity contribution < 1.29 is 9.59 Å². The molecule has 0 aliphatic heterocycles. The average molecular weight is 370 g/mol. The number of amides is 2. The Labute approximate surface area is 164 Å². The third-order valence-electron chi connectivity index (χ3n) is 4.87. The number of carbonyl (C=O) groups excluding carboxylic acids is 2. The van der Waals surface area contributed by atoms with Gasteiger partial charge in [0.25, 0.3) is 5.91 Å². The highest BCUT2D eigenvalue weighted by atomic mass is 16.2. The third-order valence-corrected chi connectivity index (χ3v) is 4.87. The zero-order valence-corrected chi connectivity index (χ0v) is 15.5. The van der Waals surface area contributed by atoms with E-state index in [0.29, 0.717) is 5.56 Å². The predicted octanol–water partition coefficient (Wildman–Crippen LogP) is 4.88. The number of anilines is 2. The number of carbonyl (C=O) groups is 2. The van der Waals surface area contributed by atoms with Crippen molar-refractivity contribution in [3.8, 4) is 0 Å². The molecule has 1 aliphatic carbocycles. The summed E-state index contributed by atoms with van der Waals surface area (Å²) in [5.74, 6) is 0.0525. The van der Waals surface area contributed by atoms with E-state index in [-0.39, 0.29) is 17.7 Å². The van der Waals surface area contributed by atoms with Gasteiger partial charge in [0.1, 0.15) is 0 Å². The predicted molar refractivity (Wildman–Crippen MR) is 111 cm³/mol. The van der Waals surface area contributed by atoms with Crippen LogP contribution in [-0.2, 0) is 11.2 Å². The molecule has 28 heavy (non-hydrogen) atoms. The molecule has 4 heteroatoms. The molecular formula is C24H22N2O2. The minimum absolute atomic E-state index is 0.0621. The Bertz CT molecular complexity index is 977. The van der Waals surface area contributed by atoms with Crippen LogP contribution in [0.5, 0.6) is 0 Å². The van der Waals surface area contributed by atoms with Crippen molar-refractivity contribution in [3.05, 3.63) is 95.6 Å². The lowest BCUT2D eigenvalue weighted by molar-refractivity contribution is -0.117. The summed E-state index contributed by atoms with van der Waals surface area (Å²) in [4.78, 5) is 24.5. The smallest absolute Gasteiger partial charge is 0.255 e. The average Bonchev–Trinajstić information content (AvgIpc) is 3.56. The lowest BCUT2D eigenvalue weighted by Gasteiger charge is -2.12. The summed E-state index contributed by atoms with van der Waals surface area (Å²) < 4.78 is 0. The van der Waals surface area contributed by atoms with Crippen LogP contribution in [-0.4, -0.2) is 11.8 Å². The second-order valence-electron chi connectivity index (χ2n) is 7.11. The molecule has 0 heterocycles. The molecule has 0 bridgehead atoms. The number of rotatable bonds is 6. The van der Waals surface area contributed by atoms with Crippen LogP contribution in [0, 0.1) is 5.92 Å². The Hall–Kier alpha value is -3.40. The molecule has 0 radical (unpaired) electrons. The molecule has 140 valence electrons. The highest BCUT2D eigenvalue weighted by Crippen LogP contribution is 2.30. The number of hydrogen-bond donors (Lipinski definition) is 2. The van der Waals surface area contributed by atoms with Gasteiger partial charge in [-0.15, -0.1) is 0 Å². The van der Waals surface area contributed by atoms with Gasteiger partial charge in [0.2, 0.25) is 5.91 Å². The van der Waals surface area contributed by atoms with E-state index in [1.807, 2.05) is 42.5 Å². The first-order valence-corrected chi connectivity index (χ1v) is 9.53. The van der Waals surface area contributed by atoms with Crippen LogP contribution in [0.4, 0.5) is 11.4 Å². The summed E-state index contributed by atoms with van der Waals surface area (Å²) in [5.41, 5.74) is 4.34. The number of nitrogens with one attached hydrogen (secondary N) is 2. The van der Waals surface area contributed by atoms with Crippen molar-refractivity contribution in [2.24, 2.45) is 5.92 Å². The monoisotopic (exact) mass is 370 g/mol. The Kier molecular flexibility index (Phi) is 5.20. The van der Waals surface area contributed by atoms with Gasteiger partial charge in [0.05, 0.1) is 0 Å². The SMILES string of the molecule is O=C(Nc1ccccc1Cc1ccccc1)c1ccc(NC(=O)C2CC2)cc1. The van der Waals surface area contributed by atoms with E-state index in [0.717, 1.165) is 36.2 Å². The molecule has 4 rings (SSSR count). The number of hydrogen-bond acceptors (Lipinski definition) is 2. The normalized spacial score (nSPS) is 13.0. The van der Waals surface area contributed by atoms with Crippen LogP contribution < -0.4 is 10.6 Å². The molecule has 3 aromatic carbocycles. The molecular weight excluding hydrogens is 348 g/mol. The maximum Gasteiger partial charge on any atom is 0.255 e.